The minimum Gasteiger partial charge on any atom is -0.741 e. The standard InChI is InChI=1S/C14H15S.CHF3O3S/c1-15(2)14-10-8-13(9-11-14)12-6-4-3-5-7-12;2-1(3,4)8(5,6)7/h3-11H,1-2H3;(H,5,6,7)/q+1;/p-1. The number of rotatable bonds is 2. The summed E-state index contributed by atoms with van der Waals surface area (Å²) in [4.78, 5) is 1.43. The van der Waals surface area contributed by atoms with Gasteiger partial charge in [-0.1, -0.05) is 30.3 Å². The van der Waals surface area contributed by atoms with Crippen molar-refractivity contribution in [1.82, 2.24) is 0 Å². The molecule has 0 atom stereocenters. The molecule has 0 aliphatic heterocycles. The van der Waals surface area contributed by atoms with Crippen molar-refractivity contribution in [3.63, 3.8) is 0 Å². The predicted molar refractivity (Wildman–Crippen MR) is 85.1 cm³/mol. The molecule has 23 heavy (non-hydrogen) atoms. The molecule has 0 radical (unpaired) electrons. The summed E-state index contributed by atoms with van der Waals surface area (Å²) in [6.45, 7) is 0. The lowest BCUT2D eigenvalue weighted by molar-refractivity contribution is -0.0517. The molecule has 0 unspecified atom stereocenters. The Morgan fingerprint density at radius 3 is 1.61 bits per heavy atom. The maximum absolute atomic E-state index is 10.7. The van der Waals surface area contributed by atoms with Gasteiger partial charge in [0.25, 0.3) is 0 Å². The van der Waals surface area contributed by atoms with E-state index in [9.17, 15) is 13.2 Å². The first kappa shape index (κ1) is 19.5. The van der Waals surface area contributed by atoms with Crippen LogP contribution in [0.25, 0.3) is 11.1 Å². The van der Waals surface area contributed by atoms with Crippen LogP contribution in [-0.2, 0) is 21.0 Å². The first-order valence-corrected chi connectivity index (χ1v) is 9.72. The maximum Gasteiger partial charge on any atom is 0.485 e. The average Bonchev–Trinajstić information content (AvgIpc) is 2.47. The van der Waals surface area contributed by atoms with Crippen molar-refractivity contribution in [3.05, 3.63) is 54.6 Å². The van der Waals surface area contributed by atoms with Gasteiger partial charge in [-0.05, 0) is 35.4 Å². The van der Waals surface area contributed by atoms with E-state index < -0.39 is 15.6 Å². The largest absolute Gasteiger partial charge is 0.741 e. The Bertz CT molecular complexity index is 710. The van der Waals surface area contributed by atoms with Crippen LogP contribution < -0.4 is 0 Å². The number of alkyl halides is 3. The highest BCUT2D eigenvalue weighted by Crippen LogP contribution is 2.21. The quantitative estimate of drug-likeness (QED) is 0.464. The zero-order valence-electron chi connectivity index (χ0n) is 12.4. The van der Waals surface area contributed by atoms with Gasteiger partial charge in [-0.2, -0.15) is 13.2 Å². The molecule has 0 aliphatic carbocycles. The van der Waals surface area contributed by atoms with Gasteiger partial charge in [-0.15, -0.1) is 0 Å². The van der Waals surface area contributed by atoms with Crippen molar-refractivity contribution in [2.45, 2.75) is 10.4 Å². The van der Waals surface area contributed by atoms with Crippen molar-refractivity contribution in [3.8, 4) is 11.1 Å². The van der Waals surface area contributed by atoms with Crippen molar-refractivity contribution in [2.75, 3.05) is 12.5 Å². The van der Waals surface area contributed by atoms with E-state index in [1.165, 1.54) is 16.0 Å². The Morgan fingerprint density at radius 2 is 1.26 bits per heavy atom. The van der Waals surface area contributed by atoms with Crippen LogP contribution in [0.15, 0.2) is 59.5 Å². The Labute approximate surface area is 136 Å². The lowest BCUT2D eigenvalue weighted by Crippen LogP contribution is -2.21. The highest BCUT2D eigenvalue weighted by atomic mass is 32.2. The van der Waals surface area contributed by atoms with Gasteiger partial charge >= 0.3 is 5.51 Å². The van der Waals surface area contributed by atoms with Gasteiger partial charge in [-0.3, -0.25) is 0 Å². The first-order valence-electron chi connectivity index (χ1n) is 6.27. The number of halogens is 3. The van der Waals surface area contributed by atoms with Gasteiger partial charge in [-0.25, -0.2) is 8.42 Å². The molecular formula is C15H15F3O3S2. The summed E-state index contributed by atoms with van der Waals surface area (Å²) in [5.74, 6) is 0. The molecular weight excluding hydrogens is 349 g/mol. The zero-order chi connectivity index (χ0) is 17.7. The van der Waals surface area contributed by atoms with Crippen molar-refractivity contribution >= 4 is 21.0 Å². The lowest BCUT2D eigenvalue weighted by atomic mass is 10.1. The minimum atomic E-state index is -6.09. The van der Waals surface area contributed by atoms with E-state index >= 15 is 0 Å². The third-order valence-electron chi connectivity index (χ3n) is 2.72. The van der Waals surface area contributed by atoms with Gasteiger partial charge in [0.1, 0.15) is 12.5 Å². The summed E-state index contributed by atoms with van der Waals surface area (Å²) in [6.07, 6.45) is 4.50. The fourth-order valence-electron chi connectivity index (χ4n) is 1.55. The first-order chi connectivity index (χ1) is 10.5. The summed E-state index contributed by atoms with van der Waals surface area (Å²) in [6, 6.07) is 19.4. The highest BCUT2D eigenvalue weighted by Gasteiger charge is 2.36. The number of hydrogen-bond acceptors (Lipinski definition) is 3. The average molecular weight is 364 g/mol. The van der Waals surface area contributed by atoms with Crippen molar-refractivity contribution < 1.29 is 26.1 Å². The minimum absolute atomic E-state index is 0.356. The molecule has 0 fully saturated rings. The molecule has 0 aromatic heterocycles. The Morgan fingerprint density at radius 1 is 0.870 bits per heavy atom. The van der Waals surface area contributed by atoms with Gasteiger partial charge in [0.05, 0.1) is 0 Å². The van der Waals surface area contributed by atoms with Gasteiger partial charge in [0.15, 0.2) is 15.0 Å². The third kappa shape index (κ3) is 6.25. The molecule has 2 aromatic rings. The highest BCUT2D eigenvalue weighted by molar-refractivity contribution is 7.95. The molecule has 0 saturated carbocycles. The van der Waals surface area contributed by atoms with Crippen LogP contribution in [0.3, 0.4) is 0 Å². The van der Waals surface area contributed by atoms with Crippen LogP contribution in [0.5, 0.6) is 0 Å². The van der Waals surface area contributed by atoms with E-state index in [0.29, 0.717) is 10.9 Å². The van der Waals surface area contributed by atoms with Gasteiger partial charge in [0.2, 0.25) is 0 Å². The summed E-state index contributed by atoms with van der Waals surface area (Å²) in [5.41, 5.74) is -3.06. The fraction of sp³-hybridized carbons (Fsp3) is 0.200. The molecule has 3 nitrogen and oxygen atoms in total. The number of hydrogen-bond donors (Lipinski definition) is 0. The normalized spacial score (nSPS) is 11.8. The molecule has 0 amide bonds. The van der Waals surface area contributed by atoms with Gasteiger partial charge in [0, 0.05) is 10.9 Å². The summed E-state index contributed by atoms with van der Waals surface area (Å²) >= 11 is 0. The molecule has 0 aliphatic rings. The van der Waals surface area contributed by atoms with E-state index in [4.69, 9.17) is 13.0 Å². The van der Waals surface area contributed by atoms with Crippen molar-refractivity contribution in [1.29, 1.82) is 0 Å². The van der Waals surface area contributed by atoms with Crippen LogP contribution in [-0.4, -0.2) is 31.0 Å². The molecule has 0 spiro atoms. The second kappa shape index (κ2) is 7.85. The van der Waals surface area contributed by atoms with Crippen LogP contribution in [0.4, 0.5) is 13.2 Å². The topological polar surface area (TPSA) is 57.2 Å². The Hall–Kier alpha value is -1.51. The third-order valence-corrected chi connectivity index (χ3v) is 4.50. The summed E-state index contributed by atoms with van der Waals surface area (Å²) in [7, 11) is -5.73. The maximum atomic E-state index is 10.7. The Balaban J connectivity index is 0.000000284. The lowest BCUT2D eigenvalue weighted by Gasteiger charge is -2.08. The van der Waals surface area contributed by atoms with E-state index in [2.05, 4.69) is 61.0 Å². The summed E-state index contributed by atoms with van der Waals surface area (Å²) < 4.78 is 58.9. The second-order valence-corrected chi connectivity index (χ2v) is 8.08. The van der Waals surface area contributed by atoms with Crippen LogP contribution in [0.1, 0.15) is 0 Å². The molecule has 2 rings (SSSR count). The van der Waals surface area contributed by atoms with Crippen LogP contribution in [0.2, 0.25) is 0 Å². The molecule has 0 bridgehead atoms. The fourth-order valence-corrected chi connectivity index (χ4v) is 2.23. The molecule has 2 aromatic carbocycles. The van der Waals surface area contributed by atoms with Crippen LogP contribution in [0, 0.1) is 0 Å². The van der Waals surface area contributed by atoms with E-state index in [1.807, 2.05) is 6.07 Å². The van der Waals surface area contributed by atoms with E-state index in [-0.39, 0.29) is 0 Å². The number of benzene rings is 2. The zero-order valence-corrected chi connectivity index (χ0v) is 14.0. The Kier molecular flexibility index (Phi) is 6.67. The monoisotopic (exact) mass is 364 g/mol. The van der Waals surface area contributed by atoms with Crippen LogP contribution >= 0.6 is 0 Å². The smallest absolute Gasteiger partial charge is 0.485 e. The van der Waals surface area contributed by atoms with Crippen molar-refractivity contribution in [2.24, 2.45) is 0 Å². The predicted octanol–water partition coefficient (Wildman–Crippen LogP) is 3.64. The second-order valence-electron chi connectivity index (χ2n) is 4.61. The van der Waals surface area contributed by atoms with E-state index in [0.717, 1.165) is 0 Å². The SMILES string of the molecule is C[S+](C)c1ccc(-c2ccccc2)cc1.O=S(=O)([O-])C(F)(F)F. The molecule has 8 heteroatoms. The molecule has 0 saturated heterocycles. The van der Waals surface area contributed by atoms with E-state index in [1.54, 1.807) is 0 Å². The molecule has 126 valence electrons. The van der Waals surface area contributed by atoms with Gasteiger partial charge < -0.3 is 4.55 Å². The molecule has 0 N–H and O–H groups in total. The molecule has 0 heterocycles. The summed E-state index contributed by atoms with van der Waals surface area (Å²) in [5, 5.41) is 0.